The maximum absolute atomic E-state index is 13.8. The molecule has 0 saturated carbocycles. The average Bonchev–Trinajstić information content (AvgIpc) is 3.21. The molecule has 0 aromatic heterocycles. The van der Waals surface area contributed by atoms with Crippen LogP contribution in [-0.2, 0) is 4.74 Å². The number of fused-ring (bicyclic) bond motifs is 1. The van der Waals surface area contributed by atoms with E-state index in [1.54, 1.807) is 6.07 Å². The zero-order chi connectivity index (χ0) is 21.5. The van der Waals surface area contributed by atoms with Crippen LogP contribution in [0.5, 0.6) is 11.5 Å². The van der Waals surface area contributed by atoms with Gasteiger partial charge in [0.25, 0.3) is 12.1 Å². The molecule has 4 rings (SSSR count). The molecule has 4 atom stereocenters. The molecule has 1 aromatic rings. The van der Waals surface area contributed by atoms with Crippen molar-refractivity contribution in [2.75, 3.05) is 33.4 Å². The second-order valence-corrected chi connectivity index (χ2v) is 7.70. The van der Waals surface area contributed by atoms with Gasteiger partial charge >= 0.3 is 6.18 Å². The van der Waals surface area contributed by atoms with Gasteiger partial charge in [0.2, 0.25) is 0 Å². The van der Waals surface area contributed by atoms with Crippen LogP contribution < -0.4 is 9.47 Å². The van der Waals surface area contributed by atoms with Crippen LogP contribution in [0.15, 0.2) is 30.0 Å². The fourth-order valence-electron chi connectivity index (χ4n) is 4.82. The maximum atomic E-state index is 13.8. The average molecular weight is 428 g/mol. The van der Waals surface area contributed by atoms with Crippen molar-refractivity contribution in [3.8, 4) is 11.5 Å². The Hall–Kier alpha value is -2.49. The fraction of sp³-hybridized carbons (Fsp3) is 0.600. The highest BCUT2D eigenvalue weighted by atomic mass is 19.4. The Kier molecular flexibility index (Phi) is 5.52. The third-order valence-electron chi connectivity index (χ3n) is 6.09. The van der Waals surface area contributed by atoms with Gasteiger partial charge in [0.1, 0.15) is 11.5 Å². The van der Waals surface area contributed by atoms with E-state index in [-0.39, 0.29) is 5.75 Å². The van der Waals surface area contributed by atoms with E-state index in [2.05, 4.69) is 4.90 Å². The number of hydrogen-bond donors (Lipinski definition) is 0. The van der Waals surface area contributed by atoms with Crippen LogP contribution in [-0.4, -0.2) is 61.6 Å². The Morgan fingerprint density at radius 2 is 2.00 bits per heavy atom. The van der Waals surface area contributed by atoms with Crippen LogP contribution >= 0.6 is 0 Å². The lowest BCUT2D eigenvalue weighted by atomic mass is 9.74. The summed E-state index contributed by atoms with van der Waals surface area (Å²) >= 11 is 0. The number of methoxy groups -OCH3 is 1. The molecule has 0 N–H and O–H groups in total. The van der Waals surface area contributed by atoms with Gasteiger partial charge in [0.15, 0.2) is 0 Å². The van der Waals surface area contributed by atoms with E-state index < -0.39 is 35.1 Å². The summed E-state index contributed by atoms with van der Waals surface area (Å²) in [5, 5.41) is 12.0. The predicted octanol–water partition coefficient (Wildman–Crippen LogP) is 3.37. The number of alkyl halides is 3. The van der Waals surface area contributed by atoms with Gasteiger partial charge in [0, 0.05) is 35.2 Å². The second-order valence-electron chi connectivity index (χ2n) is 7.70. The van der Waals surface area contributed by atoms with Crippen LogP contribution in [0, 0.1) is 16.0 Å². The molecule has 10 heteroatoms. The molecule has 7 nitrogen and oxygen atoms in total. The molecule has 0 spiro atoms. The summed E-state index contributed by atoms with van der Waals surface area (Å²) in [5.41, 5.74) is 1.26. The van der Waals surface area contributed by atoms with Crippen LogP contribution in [0.3, 0.4) is 0 Å². The molecule has 1 saturated heterocycles. The van der Waals surface area contributed by atoms with E-state index >= 15 is 0 Å². The van der Waals surface area contributed by atoms with Crippen molar-refractivity contribution in [2.45, 2.75) is 37.1 Å². The third kappa shape index (κ3) is 3.68. The normalized spacial score (nSPS) is 29.1. The van der Waals surface area contributed by atoms with Crippen molar-refractivity contribution in [2.24, 2.45) is 5.92 Å². The predicted molar refractivity (Wildman–Crippen MR) is 100 cm³/mol. The van der Waals surface area contributed by atoms with E-state index in [4.69, 9.17) is 14.2 Å². The molecule has 0 bridgehead atoms. The summed E-state index contributed by atoms with van der Waals surface area (Å²) in [6.07, 6.45) is -4.18. The molecule has 1 fully saturated rings. The van der Waals surface area contributed by atoms with Gasteiger partial charge in [-0.1, -0.05) is 6.08 Å². The minimum absolute atomic E-state index is 0.0226. The minimum atomic E-state index is -4.87. The summed E-state index contributed by atoms with van der Waals surface area (Å²) in [6.45, 7) is 2.27. The van der Waals surface area contributed by atoms with Gasteiger partial charge in [-0.05, 0) is 31.0 Å². The molecule has 164 valence electrons. The lowest BCUT2D eigenvalue weighted by Crippen LogP contribution is -2.55. The molecule has 30 heavy (non-hydrogen) atoms. The Labute approximate surface area is 171 Å². The smallest absolute Gasteiger partial charge is 0.432 e. The largest absolute Gasteiger partial charge is 0.497 e. The summed E-state index contributed by atoms with van der Waals surface area (Å²) in [4.78, 5) is 13.2. The number of rotatable bonds is 4. The third-order valence-corrected chi connectivity index (χ3v) is 6.09. The van der Waals surface area contributed by atoms with Crippen LogP contribution in [0.2, 0.25) is 0 Å². The Morgan fingerprint density at radius 1 is 1.27 bits per heavy atom. The van der Waals surface area contributed by atoms with Gasteiger partial charge < -0.3 is 19.1 Å². The van der Waals surface area contributed by atoms with Crippen molar-refractivity contribution in [1.29, 1.82) is 0 Å². The summed E-state index contributed by atoms with van der Waals surface area (Å²) in [6, 6.07) is 2.53. The number of hydrogen-bond acceptors (Lipinski definition) is 6. The van der Waals surface area contributed by atoms with Gasteiger partial charge in [-0.2, -0.15) is 13.2 Å². The van der Waals surface area contributed by atoms with Crippen LogP contribution in [0.25, 0.3) is 0 Å². The quantitative estimate of drug-likeness (QED) is 0.541. The fourth-order valence-corrected chi connectivity index (χ4v) is 4.82. The van der Waals surface area contributed by atoms with E-state index in [1.165, 1.54) is 19.2 Å². The summed E-state index contributed by atoms with van der Waals surface area (Å²) in [7, 11) is 1.44. The molecule has 3 aliphatic rings. The number of benzene rings is 1. The topological polar surface area (TPSA) is 74.1 Å². The molecular weight excluding hydrogens is 405 g/mol. The highest BCUT2D eigenvalue weighted by Gasteiger charge is 2.61. The first-order valence-corrected chi connectivity index (χ1v) is 9.89. The van der Waals surface area contributed by atoms with E-state index in [1.807, 2.05) is 6.08 Å². The number of allylic oxidation sites excluding steroid dienone is 2. The molecule has 0 radical (unpaired) electrons. The van der Waals surface area contributed by atoms with Gasteiger partial charge in [-0.15, -0.1) is 0 Å². The van der Waals surface area contributed by atoms with E-state index in [9.17, 15) is 23.3 Å². The highest BCUT2D eigenvalue weighted by molar-refractivity contribution is 5.46. The Bertz CT molecular complexity index is 838. The molecule has 1 aliphatic carbocycles. The monoisotopic (exact) mass is 428 g/mol. The first kappa shape index (κ1) is 20.8. The SMILES string of the molecule is COc1ccc2c(c1)[C@H]([C@@H]1CCC=C1N1CCOCC1)[C@@H]([N+](=O)[O-])[C@H](C(F)(F)F)O2. The lowest BCUT2D eigenvalue weighted by molar-refractivity contribution is -0.550. The lowest BCUT2D eigenvalue weighted by Gasteiger charge is -2.41. The minimum Gasteiger partial charge on any atom is -0.497 e. The van der Waals surface area contributed by atoms with Crippen molar-refractivity contribution in [1.82, 2.24) is 4.90 Å². The van der Waals surface area contributed by atoms with E-state index in [0.717, 1.165) is 5.70 Å². The van der Waals surface area contributed by atoms with Gasteiger partial charge in [-0.25, -0.2) is 0 Å². The highest BCUT2D eigenvalue weighted by Crippen LogP contribution is 2.51. The standard InChI is InChI=1S/C20H23F3N2O5/c1-28-12-5-6-16-14(11-12)17(18(25(26)27)19(30-16)20(21,22)23)13-3-2-4-15(13)24-7-9-29-10-8-24/h4-6,11,13,17-19H,2-3,7-10H2,1H3/t13-,17+,18-,19-/m1/s1. The van der Waals surface area contributed by atoms with Crippen molar-refractivity contribution >= 4 is 0 Å². The van der Waals surface area contributed by atoms with Gasteiger partial charge in [-0.3, -0.25) is 10.1 Å². The Balaban J connectivity index is 1.81. The molecular formula is C20H23F3N2O5. The summed E-state index contributed by atoms with van der Waals surface area (Å²) in [5.74, 6) is -0.959. The van der Waals surface area contributed by atoms with E-state index in [0.29, 0.717) is 50.5 Å². The Morgan fingerprint density at radius 3 is 2.63 bits per heavy atom. The number of nitrogens with zero attached hydrogens (tertiary/aromatic N) is 2. The molecule has 1 aromatic carbocycles. The van der Waals surface area contributed by atoms with Crippen molar-refractivity contribution in [3.63, 3.8) is 0 Å². The van der Waals surface area contributed by atoms with Crippen LogP contribution in [0.1, 0.15) is 24.3 Å². The van der Waals surface area contributed by atoms with Crippen molar-refractivity contribution in [3.05, 3.63) is 45.6 Å². The van der Waals surface area contributed by atoms with Crippen LogP contribution in [0.4, 0.5) is 13.2 Å². The second kappa shape index (κ2) is 7.98. The number of ether oxygens (including phenoxy) is 3. The molecule has 2 heterocycles. The first-order valence-electron chi connectivity index (χ1n) is 9.89. The molecule has 0 amide bonds. The van der Waals surface area contributed by atoms with Crippen molar-refractivity contribution < 1.29 is 32.3 Å². The number of morpholine rings is 1. The first-order chi connectivity index (χ1) is 14.3. The maximum Gasteiger partial charge on any atom is 0.432 e. The molecule has 2 aliphatic heterocycles. The zero-order valence-corrected chi connectivity index (χ0v) is 16.4. The molecule has 0 unspecified atom stereocenters. The number of nitro groups is 1. The zero-order valence-electron chi connectivity index (χ0n) is 16.4. The summed E-state index contributed by atoms with van der Waals surface area (Å²) < 4.78 is 57.2. The number of halogens is 3. The van der Waals surface area contributed by atoms with Gasteiger partial charge in [0.05, 0.1) is 26.2 Å².